The molecule has 1 heterocycles. The number of aromatic nitrogens is 3. The Morgan fingerprint density at radius 3 is 1.74 bits per heavy atom. The van der Waals surface area contributed by atoms with Crippen molar-refractivity contribution in [3.05, 3.63) is 185 Å². The van der Waals surface area contributed by atoms with Crippen LogP contribution in [-0.2, 0) is 10.8 Å². The molecule has 0 spiro atoms. The van der Waals surface area contributed by atoms with E-state index >= 15 is 0 Å². The summed E-state index contributed by atoms with van der Waals surface area (Å²) < 4.78 is 0. The molecule has 4 aliphatic carbocycles. The number of hydrogen-bond acceptors (Lipinski definition) is 3. The van der Waals surface area contributed by atoms with Crippen LogP contribution in [0.2, 0.25) is 0 Å². The fraction of sp³-hybridized carbons (Fsp3) is 0.167. The normalized spacial score (nSPS) is 18.0. The Bertz CT molecular complexity index is 3010. The van der Waals surface area contributed by atoms with Crippen LogP contribution < -0.4 is 0 Å². The van der Waals surface area contributed by atoms with Gasteiger partial charge in [0.2, 0.25) is 0 Å². The molecule has 0 amide bonds. The van der Waals surface area contributed by atoms with Gasteiger partial charge in [-0.05, 0) is 114 Å². The summed E-state index contributed by atoms with van der Waals surface area (Å²) in [7, 11) is 0. The van der Waals surface area contributed by atoms with Crippen molar-refractivity contribution < 1.29 is 0 Å². The van der Waals surface area contributed by atoms with Crippen LogP contribution >= 0.6 is 0 Å². The average Bonchev–Trinajstić information content (AvgIpc) is 3.99. The topological polar surface area (TPSA) is 38.7 Å². The van der Waals surface area contributed by atoms with E-state index in [-0.39, 0.29) is 10.8 Å². The Balaban J connectivity index is 0.966. The Labute approximate surface area is 334 Å². The van der Waals surface area contributed by atoms with Gasteiger partial charge in [0.05, 0.1) is 0 Å². The molecular weight excluding hydrogens is 691 g/mol. The van der Waals surface area contributed by atoms with E-state index in [0.717, 1.165) is 16.7 Å². The van der Waals surface area contributed by atoms with Crippen molar-refractivity contribution in [2.45, 2.75) is 56.8 Å². The first-order chi connectivity index (χ1) is 27.8. The van der Waals surface area contributed by atoms with Gasteiger partial charge in [-0.2, -0.15) is 0 Å². The summed E-state index contributed by atoms with van der Waals surface area (Å²) in [5.41, 5.74) is 21.9. The van der Waals surface area contributed by atoms with E-state index in [1.165, 1.54) is 84.3 Å². The highest BCUT2D eigenvalue weighted by atomic mass is 15.0. The van der Waals surface area contributed by atoms with Gasteiger partial charge in [-0.1, -0.05) is 161 Å². The standard InChI is InChI=1S/C54H41N3/c1-53(2)46-22-11-9-19-37(46)49-38(20-13-23-47(49)53)52-56-50(31-14-6-5-7-15-31)55-51(57-52)34-17-12-16-32(26-34)33-24-25-35-39(27-33)40-28-41(40)42-29-44-36-18-8-10-21-45(36)54(3,4)48(44)30-43(35)42/h5-27,29-30,40-41H,28H2,1-4H3/t40?,41-/m1/s1. The third kappa shape index (κ3) is 4.69. The third-order valence-electron chi connectivity index (χ3n) is 13.7. The zero-order valence-electron chi connectivity index (χ0n) is 32.6. The minimum Gasteiger partial charge on any atom is -0.208 e. The van der Waals surface area contributed by atoms with Gasteiger partial charge < -0.3 is 0 Å². The maximum atomic E-state index is 5.28. The summed E-state index contributed by atoms with van der Waals surface area (Å²) in [6.07, 6.45) is 1.22. The van der Waals surface area contributed by atoms with Crippen molar-refractivity contribution in [1.82, 2.24) is 15.0 Å². The van der Waals surface area contributed by atoms with E-state index < -0.39 is 0 Å². The van der Waals surface area contributed by atoms with Gasteiger partial charge in [-0.3, -0.25) is 0 Å². The number of benzene rings is 7. The fourth-order valence-electron chi connectivity index (χ4n) is 10.6. The van der Waals surface area contributed by atoms with Crippen LogP contribution in [0.5, 0.6) is 0 Å². The second-order valence-electron chi connectivity index (χ2n) is 17.6. The van der Waals surface area contributed by atoms with Crippen molar-refractivity contribution in [3.63, 3.8) is 0 Å². The maximum Gasteiger partial charge on any atom is 0.164 e. The fourth-order valence-corrected chi connectivity index (χ4v) is 10.6. The van der Waals surface area contributed by atoms with Crippen LogP contribution in [0.1, 0.15) is 79.3 Å². The van der Waals surface area contributed by atoms with Crippen LogP contribution in [0, 0.1) is 0 Å². The highest BCUT2D eigenvalue weighted by Crippen LogP contribution is 2.64. The Morgan fingerprint density at radius 1 is 0.368 bits per heavy atom. The molecular formula is C54H41N3. The van der Waals surface area contributed by atoms with Crippen LogP contribution in [0.15, 0.2) is 152 Å². The van der Waals surface area contributed by atoms with Gasteiger partial charge in [0.1, 0.15) is 0 Å². The highest BCUT2D eigenvalue weighted by Gasteiger charge is 2.47. The van der Waals surface area contributed by atoms with E-state index in [9.17, 15) is 0 Å². The molecule has 0 N–H and O–H groups in total. The van der Waals surface area contributed by atoms with Crippen molar-refractivity contribution >= 4 is 0 Å². The van der Waals surface area contributed by atoms with Crippen molar-refractivity contribution in [2.75, 3.05) is 0 Å². The summed E-state index contributed by atoms with van der Waals surface area (Å²) in [4.78, 5) is 15.6. The summed E-state index contributed by atoms with van der Waals surface area (Å²) in [5, 5.41) is 0. The Morgan fingerprint density at radius 2 is 0.930 bits per heavy atom. The predicted molar refractivity (Wildman–Crippen MR) is 232 cm³/mol. The van der Waals surface area contributed by atoms with E-state index in [0.29, 0.717) is 29.3 Å². The molecule has 1 fully saturated rings. The van der Waals surface area contributed by atoms with E-state index in [4.69, 9.17) is 15.0 Å². The molecule has 4 aliphatic rings. The number of nitrogens with zero attached hydrogens (tertiary/aromatic N) is 3. The van der Waals surface area contributed by atoms with Crippen LogP contribution in [0.3, 0.4) is 0 Å². The summed E-state index contributed by atoms with van der Waals surface area (Å²) in [6, 6.07) is 55.7. The van der Waals surface area contributed by atoms with E-state index in [1.54, 1.807) is 0 Å². The second-order valence-corrected chi connectivity index (χ2v) is 17.6. The molecule has 0 saturated heterocycles. The first-order valence-corrected chi connectivity index (χ1v) is 20.3. The van der Waals surface area contributed by atoms with Gasteiger partial charge in [0.15, 0.2) is 17.5 Å². The average molecular weight is 732 g/mol. The predicted octanol–water partition coefficient (Wildman–Crippen LogP) is 13.4. The highest BCUT2D eigenvalue weighted by molar-refractivity contribution is 5.92. The van der Waals surface area contributed by atoms with Gasteiger partial charge in [-0.15, -0.1) is 0 Å². The molecule has 8 aromatic rings. The molecule has 7 aromatic carbocycles. The minimum atomic E-state index is -0.117. The summed E-state index contributed by atoms with van der Waals surface area (Å²) in [6.45, 7) is 9.40. The van der Waals surface area contributed by atoms with Crippen LogP contribution in [-0.4, -0.2) is 15.0 Å². The minimum absolute atomic E-state index is 0.0151. The molecule has 3 nitrogen and oxygen atoms in total. The molecule has 0 bridgehead atoms. The van der Waals surface area contributed by atoms with Gasteiger partial charge in [-0.25, -0.2) is 15.0 Å². The molecule has 57 heavy (non-hydrogen) atoms. The molecule has 1 aromatic heterocycles. The first-order valence-electron chi connectivity index (χ1n) is 20.3. The lowest BCUT2D eigenvalue weighted by Crippen LogP contribution is -2.15. The zero-order chi connectivity index (χ0) is 38.2. The molecule has 272 valence electrons. The number of hydrogen-bond donors (Lipinski definition) is 0. The maximum absolute atomic E-state index is 5.28. The summed E-state index contributed by atoms with van der Waals surface area (Å²) in [5.74, 6) is 3.20. The molecule has 12 rings (SSSR count). The third-order valence-corrected chi connectivity index (χ3v) is 13.7. The van der Waals surface area contributed by atoms with Gasteiger partial charge in [0.25, 0.3) is 0 Å². The molecule has 3 heteroatoms. The van der Waals surface area contributed by atoms with Crippen LogP contribution in [0.4, 0.5) is 0 Å². The van der Waals surface area contributed by atoms with Gasteiger partial charge >= 0.3 is 0 Å². The second kappa shape index (κ2) is 11.6. The molecule has 0 radical (unpaired) electrons. The molecule has 1 saturated carbocycles. The van der Waals surface area contributed by atoms with Crippen molar-refractivity contribution in [1.29, 1.82) is 0 Å². The van der Waals surface area contributed by atoms with Gasteiger partial charge in [0, 0.05) is 27.5 Å². The molecule has 0 aliphatic heterocycles. The zero-order valence-corrected chi connectivity index (χ0v) is 32.6. The smallest absolute Gasteiger partial charge is 0.164 e. The monoisotopic (exact) mass is 731 g/mol. The lowest BCUT2D eigenvalue weighted by molar-refractivity contribution is 0.660. The van der Waals surface area contributed by atoms with Crippen molar-refractivity contribution in [3.8, 4) is 78.7 Å². The number of rotatable bonds is 4. The van der Waals surface area contributed by atoms with E-state index in [2.05, 4.69) is 161 Å². The Hall–Kier alpha value is -6.45. The lowest BCUT2D eigenvalue weighted by Gasteiger charge is -2.25. The van der Waals surface area contributed by atoms with Crippen LogP contribution in [0.25, 0.3) is 78.7 Å². The first kappa shape index (κ1) is 32.8. The summed E-state index contributed by atoms with van der Waals surface area (Å²) >= 11 is 0. The Kier molecular flexibility index (Phi) is 6.64. The molecule has 1 unspecified atom stereocenters. The SMILES string of the molecule is CC1(C)c2ccccc2-c2cc3c(cc21)-c1ccc(-c2cccc(-c4nc(-c5ccccc5)nc(-c5cccc6c5-c5ccccc5C6(C)C)n4)c2)cc1C1C[C@@H]31. The molecule has 2 atom stereocenters. The van der Waals surface area contributed by atoms with Crippen molar-refractivity contribution in [2.24, 2.45) is 0 Å². The quantitative estimate of drug-likeness (QED) is 0.181. The number of fused-ring (bicyclic) bond motifs is 12. The lowest BCUT2D eigenvalue weighted by atomic mass is 9.78. The largest absolute Gasteiger partial charge is 0.208 e. The van der Waals surface area contributed by atoms with E-state index in [1.807, 2.05) is 18.2 Å².